The largest absolute Gasteiger partial charge is 0.368 e. The third kappa shape index (κ3) is 3.77. The Balaban J connectivity index is 1.55. The second-order valence-corrected chi connectivity index (χ2v) is 6.08. The fourth-order valence-corrected chi connectivity index (χ4v) is 2.92. The summed E-state index contributed by atoms with van der Waals surface area (Å²) in [6.07, 6.45) is 1.50. The Bertz CT molecular complexity index is 827. The molecule has 0 aliphatic heterocycles. The molecule has 0 bridgehead atoms. The summed E-state index contributed by atoms with van der Waals surface area (Å²) in [6.45, 7) is 5.01. The van der Waals surface area contributed by atoms with Crippen molar-refractivity contribution in [2.24, 2.45) is 0 Å². The number of carbonyl (C=O) groups excluding carboxylic acids is 1. The van der Waals surface area contributed by atoms with Gasteiger partial charge in [0, 0.05) is 35.8 Å². The maximum absolute atomic E-state index is 11.8. The van der Waals surface area contributed by atoms with Gasteiger partial charge >= 0.3 is 0 Å². The van der Waals surface area contributed by atoms with E-state index in [0.29, 0.717) is 30.3 Å². The van der Waals surface area contributed by atoms with Gasteiger partial charge in [-0.3, -0.25) is 4.79 Å². The zero-order valence-corrected chi connectivity index (χ0v) is 14.3. The fourth-order valence-electron chi connectivity index (χ4n) is 2.28. The average molecular weight is 342 g/mol. The van der Waals surface area contributed by atoms with E-state index in [9.17, 15) is 4.79 Å². The van der Waals surface area contributed by atoms with Crippen LogP contribution in [0.1, 0.15) is 21.7 Å². The molecule has 0 atom stereocenters. The normalized spacial score (nSPS) is 10.6. The van der Waals surface area contributed by atoms with Gasteiger partial charge in [-0.2, -0.15) is 16.4 Å². The van der Waals surface area contributed by atoms with Crippen molar-refractivity contribution < 1.29 is 4.79 Å². The molecule has 1 amide bonds. The summed E-state index contributed by atoms with van der Waals surface area (Å²) < 4.78 is 1.78. The molecule has 0 radical (unpaired) electrons. The topological polar surface area (TPSA) is 84.7 Å². The van der Waals surface area contributed by atoms with E-state index in [1.54, 1.807) is 10.7 Å². The van der Waals surface area contributed by atoms with E-state index in [0.717, 1.165) is 11.4 Å². The molecule has 124 valence electrons. The van der Waals surface area contributed by atoms with Crippen LogP contribution in [0.15, 0.2) is 35.3 Å². The number of anilines is 1. The lowest BCUT2D eigenvalue weighted by Crippen LogP contribution is -2.28. The molecule has 0 fully saturated rings. The van der Waals surface area contributed by atoms with Gasteiger partial charge < -0.3 is 10.6 Å². The van der Waals surface area contributed by atoms with Gasteiger partial charge in [0.1, 0.15) is 12.1 Å². The minimum absolute atomic E-state index is 0.0657. The highest BCUT2D eigenvalue weighted by molar-refractivity contribution is 7.08. The number of hydrogen-bond donors (Lipinski definition) is 2. The van der Waals surface area contributed by atoms with Crippen LogP contribution in [0.25, 0.3) is 5.82 Å². The number of hydrogen-bond acceptors (Lipinski definition) is 6. The molecular weight excluding hydrogens is 324 g/mol. The number of nitrogens with zero attached hydrogens (tertiary/aromatic N) is 4. The first kappa shape index (κ1) is 16.1. The van der Waals surface area contributed by atoms with Gasteiger partial charge in [0.25, 0.3) is 5.91 Å². The highest BCUT2D eigenvalue weighted by atomic mass is 32.1. The molecule has 3 aromatic rings. The molecule has 3 rings (SSSR count). The van der Waals surface area contributed by atoms with Gasteiger partial charge in [0.15, 0.2) is 5.82 Å². The summed E-state index contributed by atoms with van der Waals surface area (Å²) in [5.41, 5.74) is 2.64. The first-order valence-corrected chi connectivity index (χ1v) is 8.48. The number of nitrogens with one attached hydrogen (secondary N) is 2. The van der Waals surface area contributed by atoms with Crippen LogP contribution in [0.3, 0.4) is 0 Å². The van der Waals surface area contributed by atoms with E-state index >= 15 is 0 Å². The second-order valence-electron chi connectivity index (χ2n) is 5.30. The molecule has 8 heteroatoms. The summed E-state index contributed by atoms with van der Waals surface area (Å²) in [5, 5.41) is 14.2. The van der Waals surface area contributed by atoms with Gasteiger partial charge in [0.05, 0.1) is 5.69 Å². The molecule has 0 aliphatic rings. The van der Waals surface area contributed by atoms with Crippen molar-refractivity contribution in [3.8, 4) is 5.82 Å². The fraction of sp³-hybridized carbons (Fsp3) is 0.250. The Kier molecular flexibility index (Phi) is 4.85. The Morgan fingerprint density at radius 3 is 2.83 bits per heavy atom. The highest BCUT2D eigenvalue weighted by Crippen LogP contribution is 2.12. The van der Waals surface area contributed by atoms with Gasteiger partial charge in [-0.05, 0) is 31.4 Å². The number of amides is 1. The quantitative estimate of drug-likeness (QED) is 0.671. The van der Waals surface area contributed by atoms with Crippen molar-refractivity contribution in [3.05, 3.63) is 52.2 Å². The van der Waals surface area contributed by atoms with Crippen LogP contribution in [0.5, 0.6) is 0 Å². The maximum Gasteiger partial charge on any atom is 0.252 e. The number of aryl methyl sites for hydroxylation is 2. The molecule has 0 spiro atoms. The van der Waals surface area contributed by atoms with E-state index in [1.807, 2.05) is 36.7 Å². The molecular formula is C16H18N6OS. The summed E-state index contributed by atoms with van der Waals surface area (Å²) in [5.74, 6) is 1.34. The SMILES string of the molecule is Cc1cc(C)n(-c2cc(NCCNC(=O)c3ccsc3)ncn2)n1. The third-order valence-corrected chi connectivity index (χ3v) is 4.06. The maximum atomic E-state index is 11.8. The summed E-state index contributed by atoms with van der Waals surface area (Å²) in [4.78, 5) is 20.3. The molecule has 0 saturated heterocycles. The van der Waals surface area contributed by atoms with Crippen molar-refractivity contribution in [1.29, 1.82) is 0 Å². The molecule has 2 N–H and O–H groups in total. The van der Waals surface area contributed by atoms with E-state index in [1.165, 1.54) is 17.7 Å². The monoisotopic (exact) mass is 342 g/mol. The minimum atomic E-state index is -0.0657. The zero-order chi connectivity index (χ0) is 16.9. The number of carbonyl (C=O) groups is 1. The summed E-state index contributed by atoms with van der Waals surface area (Å²) >= 11 is 1.50. The minimum Gasteiger partial charge on any atom is -0.368 e. The van der Waals surface area contributed by atoms with Gasteiger partial charge in [0.2, 0.25) is 0 Å². The Morgan fingerprint density at radius 1 is 1.25 bits per heavy atom. The molecule has 0 aromatic carbocycles. The third-order valence-electron chi connectivity index (χ3n) is 3.38. The Morgan fingerprint density at radius 2 is 2.12 bits per heavy atom. The standard InChI is InChI=1S/C16H18N6OS/c1-11-7-12(2)22(21-11)15-8-14(19-10-20-15)17-4-5-18-16(23)13-3-6-24-9-13/h3,6-10H,4-5H2,1-2H3,(H,18,23)(H,17,19,20). The average Bonchev–Trinajstić information content (AvgIpc) is 3.21. The Hall–Kier alpha value is -2.74. The number of rotatable bonds is 6. The van der Waals surface area contributed by atoms with Crippen LogP contribution in [-0.4, -0.2) is 38.7 Å². The van der Waals surface area contributed by atoms with Crippen molar-refractivity contribution >= 4 is 23.1 Å². The lowest BCUT2D eigenvalue weighted by atomic mass is 10.3. The zero-order valence-electron chi connectivity index (χ0n) is 13.5. The first-order chi connectivity index (χ1) is 11.6. The van der Waals surface area contributed by atoms with Crippen LogP contribution in [-0.2, 0) is 0 Å². The summed E-state index contributed by atoms with van der Waals surface area (Å²) in [7, 11) is 0. The highest BCUT2D eigenvalue weighted by Gasteiger charge is 2.07. The Labute approximate surface area is 143 Å². The lowest BCUT2D eigenvalue weighted by molar-refractivity contribution is 0.0955. The van der Waals surface area contributed by atoms with E-state index in [2.05, 4.69) is 25.7 Å². The van der Waals surface area contributed by atoms with Crippen molar-refractivity contribution in [2.45, 2.75) is 13.8 Å². The van der Waals surface area contributed by atoms with E-state index < -0.39 is 0 Å². The molecule has 0 saturated carbocycles. The predicted octanol–water partition coefficient (Wildman–Crippen LogP) is 2.18. The van der Waals surface area contributed by atoms with Crippen molar-refractivity contribution in [2.75, 3.05) is 18.4 Å². The summed E-state index contributed by atoms with van der Waals surface area (Å²) in [6, 6.07) is 5.63. The predicted molar refractivity (Wildman–Crippen MR) is 93.8 cm³/mol. The van der Waals surface area contributed by atoms with Crippen LogP contribution >= 0.6 is 11.3 Å². The van der Waals surface area contributed by atoms with Gasteiger partial charge in [-0.25, -0.2) is 14.6 Å². The van der Waals surface area contributed by atoms with Crippen LogP contribution in [0.2, 0.25) is 0 Å². The first-order valence-electron chi connectivity index (χ1n) is 7.53. The van der Waals surface area contributed by atoms with E-state index in [-0.39, 0.29) is 5.91 Å². The van der Waals surface area contributed by atoms with Gasteiger partial charge in [-0.15, -0.1) is 0 Å². The lowest BCUT2D eigenvalue weighted by Gasteiger charge is -2.08. The second kappa shape index (κ2) is 7.22. The molecule has 7 nitrogen and oxygen atoms in total. The molecule has 24 heavy (non-hydrogen) atoms. The molecule has 3 heterocycles. The van der Waals surface area contributed by atoms with E-state index in [4.69, 9.17) is 0 Å². The molecule has 0 aliphatic carbocycles. The number of aromatic nitrogens is 4. The van der Waals surface area contributed by atoms with Crippen LogP contribution < -0.4 is 10.6 Å². The number of thiophene rings is 1. The van der Waals surface area contributed by atoms with Crippen LogP contribution in [0.4, 0.5) is 5.82 Å². The molecule has 0 unspecified atom stereocenters. The van der Waals surface area contributed by atoms with Gasteiger partial charge in [-0.1, -0.05) is 0 Å². The smallest absolute Gasteiger partial charge is 0.252 e. The van der Waals surface area contributed by atoms with Crippen molar-refractivity contribution in [3.63, 3.8) is 0 Å². The van der Waals surface area contributed by atoms with Crippen molar-refractivity contribution in [1.82, 2.24) is 25.1 Å². The van der Waals surface area contributed by atoms with Crippen LogP contribution in [0, 0.1) is 13.8 Å². The molecule has 3 aromatic heterocycles.